The maximum absolute atomic E-state index is 12.8. The molecule has 1 N–H and O–H groups in total. The first kappa shape index (κ1) is 21.7. The number of rotatable bonds is 9. The monoisotopic (exact) mass is 395 g/mol. The van der Waals surface area contributed by atoms with Crippen molar-refractivity contribution in [1.82, 2.24) is 10.2 Å². The second kappa shape index (κ2) is 10.7. The molecule has 0 spiro atoms. The zero-order chi connectivity index (χ0) is 19.8. The molecule has 0 aromatic heterocycles. The molecule has 1 aliphatic carbocycles. The molecule has 2 fully saturated rings. The third-order valence-electron chi connectivity index (χ3n) is 4.95. The van der Waals surface area contributed by atoms with E-state index in [1.165, 1.54) is 11.8 Å². The normalized spacial score (nSPS) is 21.3. The number of ketones is 1. The molecule has 150 valence electrons. The van der Waals surface area contributed by atoms with Gasteiger partial charge >= 0.3 is 0 Å². The molecule has 1 saturated carbocycles. The fraction of sp³-hybridized carbons (Fsp3) is 0.789. The van der Waals surface area contributed by atoms with E-state index in [-0.39, 0.29) is 17.9 Å². The van der Waals surface area contributed by atoms with E-state index >= 15 is 0 Å². The van der Waals surface area contributed by atoms with Gasteiger partial charge in [0.05, 0.1) is 18.0 Å². The molecule has 1 saturated heterocycles. The summed E-state index contributed by atoms with van der Waals surface area (Å²) >= 11 is 1.50. The van der Waals surface area contributed by atoms with Gasteiger partial charge in [-0.3, -0.25) is 14.4 Å². The molecule has 0 aromatic rings. The number of hydrogen-bond acceptors (Lipinski definition) is 6. The largest absolute Gasteiger partial charge is 0.379 e. The molecule has 2 atom stereocenters. The van der Waals surface area contributed by atoms with E-state index < -0.39 is 23.7 Å². The minimum Gasteiger partial charge on any atom is -0.379 e. The van der Waals surface area contributed by atoms with E-state index in [0.29, 0.717) is 31.2 Å². The number of nitriles is 1. The summed E-state index contributed by atoms with van der Waals surface area (Å²) in [5, 5.41) is 12.0. The van der Waals surface area contributed by atoms with E-state index in [1.54, 1.807) is 4.90 Å². The topological polar surface area (TPSA) is 99.5 Å². The molecule has 1 heterocycles. The summed E-state index contributed by atoms with van der Waals surface area (Å²) in [5.74, 6) is -1.54. The van der Waals surface area contributed by atoms with Crippen LogP contribution in [0.25, 0.3) is 0 Å². The maximum Gasteiger partial charge on any atom is 0.245 e. The Hall–Kier alpha value is -1.59. The fourth-order valence-electron chi connectivity index (χ4n) is 3.45. The highest BCUT2D eigenvalue weighted by atomic mass is 32.2. The summed E-state index contributed by atoms with van der Waals surface area (Å²) in [5.41, 5.74) is 0. The molecule has 0 aromatic carbocycles. The lowest BCUT2D eigenvalue weighted by Gasteiger charge is -2.26. The zero-order valence-electron chi connectivity index (χ0n) is 16.1. The van der Waals surface area contributed by atoms with Crippen LogP contribution in [0, 0.1) is 23.2 Å². The standard InChI is InChI=1S/C19H29N3O4S/c1-13(2)26-9-5-8-21-18(24)15(10-20)17(23)16-11-27-12-22(16)19(25)14-6-3-4-7-14/h13-16H,3-9,11-12H2,1-2H3,(H,21,24). The molecule has 1 aliphatic heterocycles. The number of carbonyl (C=O) groups is 3. The first-order valence-electron chi connectivity index (χ1n) is 9.66. The highest BCUT2D eigenvalue weighted by molar-refractivity contribution is 7.99. The summed E-state index contributed by atoms with van der Waals surface area (Å²) in [6.45, 7) is 4.72. The third-order valence-corrected chi connectivity index (χ3v) is 5.96. The Morgan fingerprint density at radius 2 is 2.00 bits per heavy atom. The minimum absolute atomic E-state index is 0.00113. The summed E-state index contributed by atoms with van der Waals surface area (Å²) < 4.78 is 5.40. The molecule has 0 bridgehead atoms. The number of nitrogens with zero attached hydrogens (tertiary/aromatic N) is 2. The van der Waals surface area contributed by atoms with Crippen molar-refractivity contribution in [1.29, 1.82) is 5.26 Å². The van der Waals surface area contributed by atoms with E-state index in [1.807, 2.05) is 19.9 Å². The van der Waals surface area contributed by atoms with Crippen molar-refractivity contribution in [2.45, 2.75) is 58.1 Å². The van der Waals surface area contributed by atoms with Crippen molar-refractivity contribution in [2.75, 3.05) is 24.8 Å². The summed E-state index contributed by atoms with van der Waals surface area (Å²) in [4.78, 5) is 39.4. The minimum atomic E-state index is -1.38. The Morgan fingerprint density at radius 3 is 2.63 bits per heavy atom. The molecule has 2 rings (SSSR count). The highest BCUT2D eigenvalue weighted by Crippen LogP contribution is 2.31. The molecule has 0 radical (unpaired) electrons. The lowest BCUT2D eigenvalue weighted by atomic mass is 9.97. The second-order valence-corrected chi connectivity index (χ2v) is 8.33. The van der Waals surface area contributed by atoms with Crippen LogP contribution in [0.2, 0.25) is 0 Å². The maximum atomic E-state index is 12.8. The van der Waals surface area contributed by atoms with E-state index in [4.69, 9.17) is 4.74 Å². The summed E-state index contributed by atoms with van der Waals surface area (Å²) in [6.07, 6.45) is 4.54. The van der Waals surface area contributed by atoms with Crippen LogP contribution >= 0.6 is 11.8 Å². The smallest absolute Gasteiger partial charge is 0.245 e. The van der Waals surface area contributed by atoms with Crippen LogP contribution in [-0.2, 0) is 19.1 Å². The van der Waals surface area contributed by atoms with Gasteiger partial charge in [-0.25, -0.2) is 0 Å². The number of hydrogen-bond donors (Lipinski definition) is 1. The quantitative estimate of drug-likeness (QED) is 0.471. The number of nitrogens with one attached hydrogen (secondary N) is 1. The first-order chi connectivity index (χ1) is 13.0. The number of carbonyl (C=O) groups excluding carboxylic acids is 3. The first-order valence-corrected chi connectivity index (χ1v) is 10.8. The van der Waals surface area contributed by atoms with Crippen LogP contribution in [0.15, 0.2) is 0 Å². The molecular formula is C19H29N3O4S. The molecule has 2 amide bonds. The second-order valence-electron chi connectivity index (χ2n) is 7.33. The zero-order valence-corrected chi connectivity index (χ0v) is 16.9. The average Bonchev–Trinajstić information content (AvgIpc) is 3.32. The van der Waals surface area contributed by atoms with Crippen molar-refractivity contribution in [3.8, 4) is 6.07 Å². The Labute approximate surface area is 165 Å². The number of Topliss-reactive ketones (excluding diaryl/α,β-unsaturated/α-hetero) is 1. The van der Waals surface area contributed by atoms with Gasteiger partial charge in [-0.05, 0) is 33.1 Å². The van der Waals surface area contributed by atoms with Crippen LogP contribution in [0.4, 0.5) is 0 Å². The average molecular weight is 396 g/mol. The van der Waals surface area contributed by atoms with Gasteiger partial charge in [0, 0.05) is 24.8 Å². The van der Waals surface area contributed by atoms with E-state index in [2.05, 4.69) is 5.32 Å². The van der Waals surface area contributed by atoms with Crippen LogP contribution < -0.4 is 5.32 Å². The van der Waals surface area contributed by atoms with Gasteiger partial charge < -0.3 is 15.0 Å². The van der Waals surface area contributed by atoms with Gasteiger partial charge in [-0.15, -0.1) is 11.8 Å². The summed E-state index contributed by atoms with van der Waals surface area (Å²) in [7, 11) is 0. The van der Waals surface area contributed by atoms with Crippen molar-refractivity contribution < 1.29 is 19.1 Å². The SMILES string of the molecule is CC(C)OCCCNC(=O)C(C#N)C(=O)C1CSCN1C(=O)C1CCCC1. The van der Waals surface area contributed by atoms with Gasteiger partial charge in [0.1, 0.15) is 6.04 Å². The molecular weight excluding hydrogens is 366 g/mol. The number of ether oxygens (including phenoxy) is 1. The van der Waals surface area contributed by atoms with Gasteiger partial charge in [0.15, 0.2) is 11.7 Å². The molecule has 8 heteroatoms. The van der Waals surface area contributed by atoms with Crippen molar-refractivity contribution in [3.63, 3.8) is 0 Å². The molecule has 2 unspecified atom stereocenters. The van der Waals surface area contributed by atoms with Crippen LogP contribution in [-0.4, -0.2) is 59.4 Å². The van der Waals surface area contributed by atoms with Gasteiger partial charge in [-0.2, -0.15) is 5.26 Å². The van der Waals surface area contributed by atoms with Crippen LogP contribution in [0.1, 0.15) is 46.0 Å². The van der Waals surface area contributed by atoms with Gasteiger partial charge in [0.25, 0.3) is 0 Å². The Morgan fingerprint density at radius 1 is 1.30 bits per heavy atom. The summed E-state index contributed by atoms with van der Waals surface area (Å²) in [6, 6.07) is 1.15. The lowest BCUT2D eigenvalue weighted by molar-refractivity contribution is -0.143. The predicted molar refractivity (Wildman–Crippen MR) is 103 cm³/mol. The highest BCUT2D eigenvalue weighted by Gasteiger charge is 2.42. The molecule has 7 nitrogen and oxygen atoms in total. The fourth-order valence-corrected chi connectivity index (χ4v) is 4.63. The number of thioether (sulfide) groups is 1. The van der Waals surface area contributed by atoms with Crippen LogP contribution in [0.5, 0.6) is 0 Å². The van der Waals surface area contributed by atoms with Crippen molar-refractivity contribution in [3.05, 3.63) is 0 Å². The van der Waals surface area contributed by atoms with Crippen LogP contribution in [0.3, 0.4) is 0 Å². The third kappa shape index (κ3) is 5.94. The van der Waals surface area contributed by atoms with E-state index in [9.17, 15) is 19.6 Å². The number of amides is 2. The predicted octanol–water partition coefficient (Wildman–Crippen LogP) is 1.72. The van der Waals surface area contributed by atoms with Gasteiger partial charge in [0.2, 0.25) is 11.8 Å². The molecule has 2 aliphatic rings. The van der Waals surface area contributed by atoms with E-state index in [0.717, 1.165) is 25.7 Å². The lowest BCUT2D eigenvalue weighted by Crippen LogP contribution is -2.49. The van der Waals surface area contributed by atoms with Gasteiger partial charge in [-0.1, -0.05) is 12.8 Å². The Bertz CT molecular complexity index is 584. The Kier molecular flexibility index (Phi) is 8.58. The molecule has 27 heavy (non-hydrogen) atoms. The van der Waals surface area contributed by atoms with Crippen molar-refractivity contribution >= 4 is 29.4 Å². The Balaban J connectivity index is 1.89. The van der Waals surface area contributed by atoms with Crippen molar-refractivity contribution in [2.24, 2.45) is 11.8 Å².